The number of aliphatic hydroxyl groups excluding tert-OH is 1. The fourth-order valence-electron chi connectivity index (χ4n) is 2.00. The second kappa shape index (κ2) is 3.36. The average molecular weight is 178 g/mol. The van der Waals surface area contributed by atoms with Gasteiger partial charge in [0.1, 0.15) is 0 Å². The number of hydrogen-bond acceptors (Lipinski definition) is 3. The summed E-state index contributed by atoms with van der Waals surface area (Å²) in [7, 11) is 0. The summed E-state index contributed by atoms with van der Waals surface area (Å²) >= 11 is 0. The molecule has 0 amide bonds. The van der Waals surface area contributed by atoms with Crippen LogP contribution in [0.1, 0.15) is 0 Å². The van der Waals surface area contributed by atoms with E-state index in [0.29, 0.717) is 12.6 Å². The Morgan fingerprint density at radius 1 is 1.46 bits per heavy atom. The highest BCUT2D eigenvalue weighted by Gasteiger charge is 2.30. The van der Waals surface area contributed by atoms with E-state index < -0.39 is 0 Å². The molecule has 0 fully saturated rings. The summed E-state index contributed by atoms with van der Waals surface area (Å²) in [6.07, 6.45) is 8.06. The third-order valence-electron chi connectivity index (χ3n) is 2.67. The molecule has 0 radical (unpaired) electrons. The van der Waals surface area contributed by atoms with Crippen molar-refractivity contribution in [3.8, 4) is 0 Å². The number of hydrogen-bond donors (Lipinski definition) is 3. The fraction of sp³-hybridized carbons (Fsp3) is 0.400. The lowest BCUT2D eigenvalue weighted by atomic mass is 9.84. The summed E-state index contributed by atoms with van der Waals surface area (Å²) in [5.41, 5.74) is 7.86. The maximum absolute atomic E-state index is 9.12. The van der Waals surface area contributed by atoms with Crippen LogP contribution >= 0.6 is 0 Å². The highest BCUT2D eigenvalue weighted by atomic mass is 16.3. The third kappa shape index (κ3) is 1.30. The van der Waals surface area contributed by atoms with Crippen LogP contribution < -0.4 is 11.1 Å². The first-order chi connectivity index (χ1) is 6.36. The number of fused-ring (bicyclic) bond motifs is 1. The zero-order valence-electron chi connectivity index (χ0n) is 7.40. The largest absolute Gasteiger partial charge is 0.392 e. The lowest BCUT2D eigenvalue weighted by Crippen LogP contribution is -2.31. The number of nitrogens with one attached hydrogen (secondary N) is 1. The van der Waals surface area contributed by atoms with Gasteiger partial charge in [0.15, 0.2) is 0 Å². The molecule has 0 saturated carbocycles. The summed E-state index contributed by atoms with van der Waals surface area (Å²) in [6.45, 7) is 0.671. The molecule has 3 nitrogen and oxygen atoms in total. The van der Waals surface area contributed by atoms with Crippen LogP contribution in [0.4, 0.5) is 0 Å². The lowest BCUT2D eigenvalue weighted by Gasteiger charge is -2.24. The van der Waals surface area contributed by atoms with E-state index in [1.54, 1.807) is 0 Å². The van der Waals surface area contributed by atoms with Crippen molar-refractivity contribution < 1.29 is 5.11 Å². The molecular weight excluding hydrogens is 164 g/mol. The molecule has 3 heteroatoms. The number of nitrogens with two attached hydrogens (primary N) is 1. The minimum absolute atomic E-state index is 0.110. The molecule has 1 aliphatic heterocycles. The molecule has 1 aliphatic carbocycles. The number of aliphatic hydroxyl groups is 1. The van der Waals surface area contributed by atoms with Crippen molar-refractivity contribution in [3.63, 3.8) is 0 Å². The van der Waals surface area contributed by atoms with Crippen molar-refractivity contribution in [2.45, 2.75) is 6.04 Å². The Kier molecular flexibility index (Phi) is 2.20. The highest BCUT2D eigenvalue weighted by Crippen LogP contribution is 2.30. The van der Waals surface area contributed by atoms with Gasteiger partial charge in [0.05, 0.1) is 12.6 Å². The van der Waals surface area contributed by atoms with E-state index in [-0.39, 0.29) is 12.5 Å². The molecule has 70 valence electrons. The van der Waals surface area contributed by atoms with E-state index in [9.17, 15) is 0 Å². The molecule has 2 unspecified atom stereocenters. The van der Waals surface area contributed by atoms with Crippen LogP contribution in [-0.2, 0) is 0 Å². The molecule has 0 bridgehead atoms. The van der Waals surface area contributed by atoms with Crippen molar-refractivity contribution in [1.29, 1.82) is 0 Å². The normalized spacial score (nSPS) is 30.6. The molecule has 2 rings (SSSR count). The molecule has 1 heterocycles. The summed E-state index contributed by atoms with van der Waals surface area (Å²) in [5.74, 6) is 0.278. The maximum atomic E-state index is 9.12. The van der Waals surface area contributed by atoms with Gasteiger partial charge in [-0.2, -0.15) is 0 Å². The fourth-order valence-corrected chi connectivity index (χ4v) is 2.00. The molecule has 0 spiro atoms. The first-order valence-corrected chi connectivity index (χ1v) is 4.50. The van der Waals surface area contributed by atoms with E-state index in [4.69, 9.17) is 10.8 Å². The number of allylic oxidation sites excluding steroid dienone is 2. The Labute approximate surface area is 77.6 Å². The Hall–Kier alpha value is -1.06. The quantitative estimate of drug-likeness (QED) is 0.553. The monoisotopic (exact) mass is 178 g/mol. The number of rotatable bonds is 2. The first-order valence-electron chi connectivity index (χ1n) is 4.50. The van der Waals surface area contributed by atoms with Gasteiger partial charge in [-0.15, -0.1) is 0 Å². The van der Waals surface area contributed by atoms with Crippen molar-refractivity contribution in [1.82, 2.24) is 5.32 Å². The van der Waals surface area contributed by atoms with Gasteiger partial charge in [-0.05, 0) is 17.3 Å². The topological polar surface area (TPSA) is 58.3 Å². The molecule has 2 aliphatic rings. The van der Waals surface area contributed by atoms with Crippen LogP contribution in [0.5, 0.6) is 0 Å². The van der Waals surface area contributed by atoms with Gasteiger partial charge in [-0.25, -0.2) is 0 Å². The van der Waals surface area contributed by atoms with Crippen LogP contribution in [0.15, 0.2) is 35.6 Å². The minimum Gasteiger partial charge on any atom is -0.392 e. The zero-order chi connectivity index (χ0) is 9.26. The van der Waals surface area contributed by atoms with Gasteiger partial charge < -0.3 is 16.2 Å². The van der Waals surface area contributed by atoms with Gasteiger partial charge in [-0.3, -0.25) is 0 Å². The second-order valence-corrected chi connectivity index (χ2v) is 3.38. The summed E-state index contributed by atoms with van der Waals surface area (Å²) in [5, 5.41) is 12.3. The summed E-state index contributed by atoms with van der Waals surface area (Å²) in [6, 6.07) is 0.297. The average Bonchev–Trinajstić information content (AvgIpc) is 2.60. The Balaban J connectivity index is 2.26. The Morgan fingerprint density at radius 3 is 3.00 bits per heavy atom. The predicted octanol–water partition coefficient (Wildman–Crippen LogP) is -0.0945. The zero-order valence-corrected chi connectivity index (χ0v) is 7.40. The summed E-state index contributed by atoms with van der Waals surface area (Å²) < 4.78 is 0. The highest BCUT2D eigenvalue weighted by molar-refractivity contribution is 5.37. The van der Waals surface area contributed by atoms with Gasteiger partial charge in [0.2, 0.25) is 0 Å². The van der Waals surface area contributed by atoms with Crippen LogP contribution in [0.3, 0.4) is 0 Å². The smallest absolute Gasteiger partial charge is 0.0665 e. The van der Waals surface area contributed by atoms with Crippen molar-refractivity contribution >= 4 is 0 Å². The second-order valence-electron chi connectivity index (χ2n) is 3.38. The molecule has 0 aromatic rings. The van der Waals surface area contributed by atoms with E-state index in [1.165, 1.54) is 5.57 Å². The maximum Gasteiger partial charge on any atom is 0.0665 e. The third-order valence-corrected chi connectivity index (χ3v) is 2.67. The van der Waals surface area contributed by atoms with E-state index in [0.717, 1.165) is 5.57 Å². The predicted molar refractivity (Wildman–Crippen MR) is 51.9 cm³/mol. The van der Waals surface area contributed by atoms with E-state index in [1.807, 2.05) is 18.4 Å². The molecule has 13 heavy (non-hydrogen) atoms. The van der Waals surface area contributed by atoms with Gasteiger partial charge >= 0.3 is 0 Å². The molecule has 4 N–H and O–H groups in total. The Bertz CT molecular complexity index is 291. The van der Waals surface area contributed by atoms with Crippen LogP contribution in [0, 0.1) is 5.92 Å². The van der Waals surface area contributed by atoms with E-state index in [2.05, 4.69) is 11.4 Å². The standard InChI is InChI=1S/C10H14N2O/c11-4-7-2-1-3-9-10(7)8(6-13)5-12-9/h1-3,5,9-10,12-13H,4,6,11H2. The lowest BCUT2D eigenvalue weighted by molar-refractivity contribution is 0.319. The van der Waals surface area contributed by atoms with Crippen LogP contribution in [0.25, 0.3) is 0 Å². The molecule has 0 aromatic carbocycles. The minimum atomic E-state index is 0.110. The van der Waals surface area contributed by atoms with Crippen LogP contribution in [0.2, 0.25) is 0 Å². The first kappa shape index (κ1) is 8.53. The van der Waals surface area contributed by atoms with Gasteiger partial charge in [0.25, 0.3) is 0 Å². The van der Waals surface area contributed by atoms with E-state index >= 15 is 0 Å². The molecule has 0 saturated heterocycles. The Morgan fingerprint density at radius 2 is 2.31 bits per heavy atom. The molecular formula is C10H14N2O. The van der Waals surface area contributed by atoms with Crippen LogP contribution in [-0.4, -0.2) is 24.3 Å². The summed E-state index contributed by atoms with van der Waals surface area (Å²) in [4.78, 5) is 0. The van der Waals surface area contributed by atoms with Crippen molar-refractivity contribution in [2.24, 2.45) is 11.7 Å². The van der Waals surface area contributed by atoms with Gasteiger partial charge in [0, 0.05) is 12.5 Å². The molecule has 2 atom stereocenters. The molecule has 0 aromatic heterocycles. The van der Waals surface area contributed by atoms with Crippen molar-refractivity contribution in [2.75, 3.05) is 13.2 Å². The SMILES string of the molecule is NCC1=CC=CC2NC=C(CO)C12. The van der Waals surface area contributed by atoms with Crippen molar-refractivity contribution in [3.05, 3.63) is 35.6 Å². The van der Waals surface area contributed by atoms with Gasteiger partial charge in [-0.1, -0.05) is 18.2 Å².